The molecule has 8 aromatic rings. The number of rotatable bonds is 8. The van der Waals surface area contributed by atoms with Gasteiger partial charge in [-0.25, -0.2) is 0 Å². The van der Waals surface area contributed by atoms with Crippen molar-refractivity contribution in [3.63, 3.8) is 0 Å². The van der Waals surface area contributed by atoms with Crippen LogP contribution in [0.25, 0.3) is 66.6 Å². The third-order valence-corrected chi connectivity index (χ3v) is 13.3. The molecule has 0 unspecified atom stereocenters. The van der Waals surface area contributed by atoms with Crippen LogP contribution in [0.2, 0.25) is 0 Å². The van der Waals surface area contributed by atoms with E-state index in [-0.39, 0.29) is 40.7 Å². The summed E-state index contributed by atoms with van der Waals surface area (Å²) in [7, 11) is -10.7. The molecule has 1 saturated carbocycles. The molecule has 1 radical (unpaired) electrons. The fourth-order valence-electron chi connectivity index (χ4n) is 10.2. The molecular weight excluding hydrogens is 981 g/mol. The summed E-state index contributed by atoms with van der Waals surface area (Å²) in [6.07, 6.45) is 11.8. The molecule has 3 aliphatic rings. The smallest absolute Gasteiger partial charge is 0.195 e. The summed E-state index contributed by atoms with van der Waals surface area (Å²) in [6.45, 7) is 0. The molecule has 0 amide bonds. The van der Waals surface area contributed by atoms with Gasteiger partial charge >= 0.3 is 33.0 Å². The van der Waals surface area contributed by atoms with Gasteiger partial charge in [-0.05, 0) is 101 Å². The molecule has 0 aliphatic heterocycles. The standard InChI is InChI=1S/C60H46N2O2.F6P.Mn/c63-56-36-52(57-45-24-10-7-21-41(45)31-33-48(57)39-17-3-1-4-18-39)50-27-13-14-28-51(50)53(56)38-62-55-30-16-15-29-54(55)61-37-44-35-43-23-9-12-26-47(43)59(60(44)64)58-46-25-11-8-22-42(46)32-34-49(58)40-19-5-2-6-20-40;1-7(2,3,4,5)6;/h1-14,17-28,31-38,54-55,61-62H,15-16,29-30H2;;/q;-1;/b44-37-,53-38-;;/t54-,55-;;/m0../s1. The molecule has 2 atom stereocenters. The van der Waals surface area contributed by atoms with Crippen LogP contribution in [0.4, 0.5) is 25.2 Å². The van der Waals surface area contributed by atoms with Crippen LogP contribution in [0.3, 0.4) is 0 Å². The second kappa shape index (κ2) is 19.4. The molecule has 363 valence electrons. The number of Topliss-reactive ketones (excluding diaryl/α,β-unsaturated/α-hetero) is 1. The Bertz CT molecular complexity index is 3640. The summed E-state index contributed by atoms with van der Waals surface area (Å²) in [5.41, 5.74) is 11.2. The predicted octanol–water partition coefficient (Wildman–Crippen LogP) is 14.7. The van der Waals surface area contributed by atoms with Crippen LogP contribution in [0.15, 0.2) is 206 Å². The number of carbonyl (C=O) groups excluding carboxylic acids is 2. The Hall–Kier alpha value is -7.29. The second-order valence-electron chi connectivity index (χ2n) is 18.0. The van der Waals surface area contributed by atoms with E-state index >= 15 is 4.79 Å². The minimum atomic E-state index is -10.7. The van der Waals surface area contributed by atoms with Crippen LogP contribution in [0, 0.1) is 0 Å². The van der Waals surface area contributed by atoms with Crippen molar-refractivity contribution in [3.8, 4) is 22.3 Å². The van der Waals surface area contributed by atoms with Crippen LogP contribution >= 0.6 is 7.81 Å². The van der Waals surface area contributed by atoms with Crippen LogP contribution in [-0.4, -0.2) is 23.7 Å². The zero-order valence-electron chi connectivity index (χ0n) is 38.5. The van der Waals surface area contributed by atoms with Gasteiger partial charge in [-0.15, -0.1) is 0 Å². The van der Waals surface area contributed by atoms with E-state index in [2.05, 4.69) is 144 Å². The zero-order valence-corrected chi connectivity index (χ0v) is 40.6. The quantitative estimate of drug-likeness (QED) is 0.0689. The molecule has 0 heterocycles. The molecule has 12 heteroatoms. The average molecular weight is 1030 g/mol. The van der Waals surface area contributed by atoms with Gasteiger partial charge in [0.05, 0.1) is 0 Å². The molecule has 2 N–H and O–H groups in total. The SMILES string of the molecule is F[P-](F)(F)(F)(F)F.O=C1C(c2c(-c3ccccc3)ccc3ccccc23)=c2ccccc2=C/C1=C/N[C@H]1CCCC[C@@H]1N/C=C1\C(=O)C=C(c2c(-c3ccccc3)ccc3ccccc23)c2ccccc21.[Mn]. The van der Waals surface area contributed by atoms with Crippen molar-refractivity contribution in [2.75, 3.05) is 0 Å². The van der Waals surface area contributed by atoms with Gasteiger partial charge in [-0.3, -0.25) is 9.59 Å². The van der Waals surface area contributed by atoms with E-state index in [1.165, 1.54) is 0 Å². The van der Waals surface area contributed by atoms with Crippen molar-refractivity contribution in [3.05, 3.63) is 239 Å². The maximum absolute atomic E-state index is 15.0. The molecule has 3 aliphatic carbocycles. The Morgan fingerprint density at radius 3 is 1.54 bits per heavy atom. The minimum Gasteiger partial charge on any atom is -0.386 e. The number of benzene rings is 8. The van der Waals surface area contributed by atoms with Gasteiger partial charge < -0.3 is 10.6 Å². The van der Waals surface area contributed by atoms with Crippen LogP contribution in [0.1, 0.15) is 47.9 Å². The van der Waals surface area contributed by atoms with Crippen molar-refractivity contribution in [2.45, 2.75) is 37.8 Å². The van der Waals surface area contributed by atoms with E-state index in [1.807, 2.05) is 73.1 Å². The van der Waals surface area contributed by atoms with E-state index in [4.69, 9.17) is 0 Å². The van der Waals surface area contributed by atoms with Gasteiger partial charge in [-0.2, -0.15) is 0 Å². The fourth-order valence-corrected chi connectivity index (χ4v) is 10.2. The molecule has 1 fully saturated rings. The summed E-state index contributed by atoms with van der Waals surface area (Å²) >= 11 is 0. The molecule has 0 saturated heterocycles. The summed E-state index contributed by atoms with van der Waals surface area (Å²) in [6, 6.07) is 62.8. The number of ketones is 2. The number of halogens is 6. The number of hydrogen-bond acceptors (Lipinski definition) is 4. The Morgan fingerprint density at radius 1 is 0.472 bits per heavy atom. The predicted molar refractivity (Wildman–Crippen MR) is 277 cm³/mol. The van der Waals surface area contributed by atoms with Crippen molar-refractivity contribution >= 4 is 63.7 Å². The first-order chi connectivity index (χ1) is 34.1. The topological polar surface area (TPSA) is 58.2 Å². The van der Waals surface area contributed by atoms with Crippen molar-refractivity contribution in [1.29, 1.82) is 0 Å². The van der Waals surface area contributed by atoms with E-state index < -0.39 is 7.81 Å². The van der Waals surface area contributed by atoms with Gasteiger partial charge in [0.15, 0.2) is 11.6 Å². The maximum Gasteiger partial charge on any atom is 0.195 e. The Balaban J connectivity index is 0.000000747. The number of hydrogen-bond donors (Lipinski definition) is 2. The monoisotopic (exact) mass is 1030 g/mol. The van der Waals surface area contributed by atoms with E-state index in [0.29, 0.717) is 16.7 Å². The third kappa shape index (κ3) is 10.9. The molecule has 4 nitrogen and oxygen atoms in total. The maximum atomic E-state index is 15.0. The third-order valence-electron chi connectivity index (χ3n) is 13.3. The summed E-state index contributed by atoms with van der Waals surface area (Å²) in [5.74, 6) is -0.0289. The van der Waals surface area contributed by atoms with Crippen LogP contribution in [0.5, 0.6) is 0 Å². The van der Waals surface area contributed by atoms with E-state index in [9.17, 15) is 30.0 Å². The van der Waals surface area contributed by atoms with Crippen molar-refractivity contribution in [1.82, 2.24) is 10.6 Å². The van der Waals surface area contributed by atoms with Crippen LogP contribution in [-0.2, 0) is 26.7 Å². The van der Waals surface area contributed by atoms with Gasteiger partial charge in [-0.1, -0.05) is 195 Å². The second-order valence-corrected chi connectivity index (χ2v) is 19.9. The Labute approximate surface area is 422 Å². The Morgan fingerprint density at radius 2 is 0.944 bits per heavy atom. The molecule has 0 spiro atoms. The van der Waals surface area contributed by atoms with Crippen LogP contribution < -0.4 is 21.1 Å². The zero-order chi connectivity index (χ0) is 49.4. The summed E-state index contributed by atoms with van der Waals surface area (Å²) in [5, 5.41) is 13.8. The molecule has 11 rings (SSSR count). The molecule has 8 aromatic carbocycles. The first kappa shape index (κ1) is 49.7. The molecular formula is C60H46F6MnN2O2P-. The normalized spacial score (nSPS) is 18.6. The number of carbonyl (C=O) groups is 2. The molecule has 72 heavy (non-hydrogen) atoms. The molecule has 0 aromatic heterocycles. The largest absolute Gasteiger partial charge is 0.386 e. The average Bonchev–Trinajstić information content (AvgIpc) is 3.37. The fraction of sp³-hybridized carbons (Fsp3) is 0.100. The first-order valence-electron chi connectivity index (χ1n) is 23.4. The van der Waals surface area contributed by atoms with Crippen molar-refractivity contribution < 1.29 is 51.8 Å². The minimum absolute atomic E-state index is 0. The van der Waals surface area contributed by atoms with Gasteiger partial charge in [0.25, 0.3) is 0 Å². The number of allylic oxidation sites excluding steroid dienone is 3. The molecule has 0 bridgehead atoms. The van der Waals surface area contributed by atoms with Crippen molar-refractivity contribution in [2.24, 2.45) is 0 Å². The van der Waals surface area contributed by atoms with Gasteiger partial charge in [0.2, 0.25) is 0 Å². The van der Waals surface area contributed by atoms with Gasteiger partial charge in [0.1, 0.15) is 0 Å². The Kier molecular flexibility index (Phi) is 13.4. The number of nitrogens with one attached hydrogen (secondary N) is 2. The first-order valence-corrected chi connectivity index (χ1v) is 25.4. The van der Waals surface area contributed by atoms with Gasteiger partial charge in [0, 0.05) is 63.8 Å². The number of fused-ring (bicyclic) bond motifs is 4. The van der Waals surface area contributed by atoms with E-state index in [0.717, 1.165) is 108 Å². The summed E-state index contributed by atoms with van der Waals surface area (Å²) < 4.78 is 59.2. The van der Waals surface area contributed by atoms with E-state index in [1.54, 1.807) is 0 Å². The summed E-state index contributed by atoms with van der Waals surface area (Å²) in [4.78, 5) is 29.5.